The van der Waals surface area contributed by atoms with E-state index in [1.165, 1.54) is 12.0 Å². The number of hydrogen-bond acceptors (Lipinski definition) is 5. The third-order valence-corrected chi connectivity index (χ3v) is 3.83. The second kappa shape index (κ2) is 8.03. The van der Waals surface area contributed by atoms with Gasteiger partial charge in [0.25, 0.3) is 5.91 Å². The van der Waals surface area contributed by atoms with E-state index in [2.05, 4.69) is 11.2 Å². The molecule has 0 N–H and O–H groups in total. The molecule has 0 atom stereocenters. The molecule has 0 fully saturated rings. The van der Waals surface area contributed by atoms with Gasteiger partial charge in [0.15, 0.2) is 11.4 Å². The van der Waals surface area contributed by atoms with E-state index in [-0.39, 0.29) is 31.1 Å². The maximum atomic E-state index is 13.0. The molecule has 0 radical (unpaired) electrons. The van der Waals surface area contributed by atoms with Crippen LogP contribution < -0.4 is 4.74 Å². The first-order valence-electron chi connectivity index (χ1n) is 8.10. The molecule has 0 aliphatic carbocycles. The van der Waals surface area contributed by atoms with Crippen LogP contribution in [0.15, 0.2) is 59.3 Å². The molecule has 7 nitrogen and oxygen atoms in total. The normalized spacial score (nSPS) is 10.3. The Labute approximate surface area is 151 Å². The van der Waals surface area contributed by atoms with Crippen LogP contribution in [0.3, 0.4) is 0 Å². The summed E-state index contributed by atoms with van der Waals surface area (Å²) in [4.78, 5) is 14.6. The minimum Gasteiger partial charge on any atom is -0.493 e. The van der Waals surface area contributed by atoms with Crippen molar-refractivity contribution in [3.63, 3.8) is 0 Å². The van der Waals surface area contributed by atoms with Gasteiger partial charge in [-0.25, -0.2) is 4.68 Å². The highest BCUT2D eigenvalue weighted by molar-refractivity contribution is 5.95. The van der Waals surface area contributed by atoms with E-state index in [0.717, 1.165) is 5.69 Å². The molecule has 132 valence electrons. The molecule has 0 unspecified atom stereocenters. The highest BCUT2D eigenvalue weighted by Gasteiger charge is 2.24. The van der Waals surface area contributed by atoms with E-state index in [1.54, 1.807) is 29.3 Å². The van der Waals surface area contributed by atoms with Crippen LogP contribution in [0.5, 0.6) is 5.75 Å². The molecule has 0 aliphatic heterocycles. The summed E-state index contributed by atoms with van der Waals surface area (Å²) in [5.41, 5.74) is 1.01. The van der Waals surface area contributed by atoms with E-state index < -0.39 is 0 Å². The van der Waals surface area contributed by atoms with Crippen molar-refractivity contribution >= 4 is 5.91 Å². The van der Waals surface area contributed by atoms with Gasteiger partial charge in [0.2, 0.25) is 0 Å². The smallest absolute Gasteiger partial charge is 0.278 e. The van der Waals surface area contributed by atoms with Gasteiger partial charge in [-0.15, -0.1) is 0 Å². The molecule has 0 saturated carbocycles. The van der Waals surface area contributed by atoms with Crippen molar-refractivity contribution in [1.82, 2.24) is 14.7 Å². The van der Waals surface area contributed by atoms with Gasteiger partial charge in [0, 0.05) is 6.54 Å². The lowest BCUT2D eigenvalue weighted by molar-refractivity contribution is 0.0725. The Morgan fingerprint density at radius 3 is 2.77 bits per heavy atom. The quantitative estimate of drug-likeness (QED) is 0.654. The van der Waals surface area contributed by atoms with E-state index in [4.69, 9.17) is 14.4 Å². The molecule has 1 aromatic carbocycles. The highest BCUT2D eigenvalue weighted by atomic mass is 16.5. The molecular formula is C19H18N4O3. The average Bonchev–Trinajstić information content (AvgIpc) is 3.34. The molecule has 2 aromatic heterocycles. The average molecular weight is 350 g/mol. The topological polar surface area (TPSA) is 84.3 Å². The summed E-state index contributed by atoms with van der Waals surface area (Å²) in [6.45, 7) is 0.534. The summed E-state index contributed by atoms with van der Waals surface area (Å²) >= 11 is 0. The van der Waals surface area contributed by atoms with Crippen molar-refractivity contribution in [2.45, 2.75) is 13.0 Å². The van der Waals surface area contributed by atoms with E-state index >= 15 is 0 Å². The van der Waals surface area contributed by atoms with Crippen molar-refractivity contribution in [3.8, 4) is 17.5 Å². The molecule has 0 spiro atoms. The van der Waals surface area contributed by atoms with Crippen molar-refractivity contribution < 1.29 is 13.9 Å². The number of amides is 1. The predicted molar refractivity (Wildman–Crippen MR) is 93.8 cm³/mol. The molecule has 26 heavy (non-hydrogen) atoms. The standard InChI is InChI=1S/C19H18N4O3/c1-25-17-14-23(15-7-3-2-4-8-15)21-18(17)19(24)22(11-6-10-20)13-16-9-5-12-26-16/h2-5,7-9,12,14H,6,11,13H2,1H3. The summed E-state index contributed by atoms with van der Waals surface area (Å²) in [7, 11) is 1.50. The lowest BCUT2D eigenvalue weighted by Gasteiger charge is -2.19. The van der Waals surface area contributed by atoms with Gasteiger partial charge >= 0.3 is 0 Å². The van der Waals surface area contributed by atoms with E-state index in [9.17, 15) is 4.79 Å². The van der Waals surface area contributed by atoms with Gasteiger partial charge in [0.05, 0.1) is 44.3 Å². The third-order valence-electron chi connectivity index (χ3n) is 3.83. The van der Waals surface area contributed by atoms with Crippen LogP contribution in [0.4, 0.5) is 0 Å². The number of nitrogens with zero attached hydrogens (tertiary/aromatic N) is 4. The van der Waals surface area contributed by atoms with E-state index in [0.29, 0.717) is 11.5 Å². The number of aromatic nitrogens is 2. The number of benzene rings is 1. The van der Waals surface area contributed by atoms with Gasteiger partial charge in [-0.3, -0.25) is 4.79 Å². The van der Waals surface area contributed by atoms with Crippen LogP contribution in [-0.4, -0.2) is 34.2 Å². The van der Waals surface area contributed by atoms with Crippen LogP contribution in [0.1, 0.15) is 22.7 Å². The zero-order valence-corrected chi connectivity index (χ0v) is 14.3. The summed E-state index contributed by atoms with van der Waals surface area (Å²) in [6.07, 6.45) is 3.43. The molecule has 0 aliphatic rings. The molecule has 0 saturated heterocycles. The molecule has 1 amide bonds. The minimum absolute atomic E-state index is 0.195. The number of carbonyl (C=O) groups excluding carboxylic acids is 1. The van der Waals surface area contributed by atoms with Crippen LogP contribution in [0.2, 0.25) is 0 Å². The lowest BCUT2D eigenvalue weighted by atomic mass is 10.3. The third kappa shape index (κ3) is 3.75. The van der Waals surface area contributed by atoms with Crippen LogP contribution in [0.25, 0.3) is 5.69 Å². The summed E-state index contributed by atoms with van der Waals surface area (Å²) in [5, 5.41) is 13.3. The number of para-hydroxylation sites is 1. The van der Waals surface area contributed by atoms with Crippen molar-refractivity contribution in [1.29, 1.82) is 5.26 Å². The fourth-order valence-corrected chi connectivity index (χ4v) is 2.55. The summed E-state index contributed by atoms with van der Waals surface area (Å²) in [5.74, 6) is 0.696. The molecule has 2 heterocycles. The molecule has 0 bridgehead atoms. The predicted octanol–water partition coefficient (Wildman–Crippen LogP) is 3.03. The Kier molecular flexibility index (Phi) is 5.34. The van der Waals surface area contributed by atoms with Gasteiger partial charge in [0.1, 0.15) is 5.76 Å². The second-order valence-corrected chi connectivity index (χ2v) is 5.54. The van der Waals surface area contributed by atoms with Crippen LogP contribution in [0, 0.1) is 11.3 Å². The fourth-order valence-electron chi connectivity index (χ4n) is 2.55. The zero-order chi connectivity index (χ0) is 18.4. The Balaban J connectivity index is 1.90. The second-order valence-electron chi connectivity index (χ2n) is 5.54. The first-order chi connectivity index (χ1) is 12.7. The Bertz CT molecular complexity index is 895. The van der Waals surface area contributed by atoms with Gasteiger partial charge < -0.3 is 14.1 Å². The number of rotatable bonds is 7. The van der Waals surface area contributed by atoms with Gasteiger partial charge in [-0.2, -0.15) is 10.4 Å². The number of furan rings is 1. The zero-order valence-electron chi connectivity index (χ0n) is 14.3. The summed E-state index contributed by atoms with van der Waals surface area (Å²) in [6, 6.07) is 15.1. The van der Waals surface area contributed by atoms with Crippen molar-refractivity contribution in [2.24, 2.45) is 0 Å². The van der Waals surface area contributed by atoms with Gasteiger partial charge in [-0.1, -0.05) is 18.2 Å². The van der Waals surface area contributed by atoms with Crippen molar-refractivity contribution in [3.05, 3.63) is 66.4 Å². The molecule has 3 rings (SSSR count). The molecular weight excluding hydrogens is 332 g/mol. The van der Waals surface area contributed by atoms with E-state index in [1.807, 2.05) is 30.3 Å². The minimum atomic E-state index is -0.316. The largest absolute Gasteiger partial charge is 0.493 e. The van der Waals surface area contributed by atoms with Crippen LogP contribution >= 0.6 is 0 Å². The Hall–Kier alpha value is -3.53. The molecule has 7 heteroatoms. The van der Waals surface area contributed by atoms with Gasteiger partial charge in [-0.05, 0) is 24.3 Å². The number of methoxy groups -OCH3 is 1. The number of nitriles is 1. The summed E-state index contributed by atoms with van der Waals surface area (Å²) < 4.78 is 12.3. The highest BCUT2D eigenvalue weighted by Crippen LogP contribution is 2.22. The maximum absolute atomic E-state index is 13.0. The first-order valence-corrected chi connectivity index (χ1v) is 8.10. The monoisotopic (exact) mass is 350 g/mol. The molecule has 3 aromatic rings. The number of carbonyl (C=O) groups is 1. The van der Waals surface area contributed by atoms with Crippen LogP contribution in [-0.2, 0) is 6.54 Å². The number of ether oxygens (including phenoxy) is 1. The SMILES string of the molecule is COc1cn(-c2ccccc2)nc1C(=O)N(CCC#N)Cc1ccco1. The Morgan fingerprint density at radius 2 is 2.12 bits per heavy atom. The maximum Gasteiger partial charge on any atom is 0.278 e. The number of hydrogen-bond donors (Lipinski definition) is 0. The Morgan fingerprint density at radius 1 is 1.31 bits per heavy atom. The van der Waals surface area contributed by atoms with Crippen molar-refractivity contribution in [2.75, 3.05) is 13.7 Å². The lowest BCUT2D eigenvalue weighted by Crippen LogP contribution is -2.32. The first kappa shape index (κ1) is 17.3. The fraction of sp³-hybridized carbons (Fsp3) is 0.211.